The molecule has 1 aromatic heterocycles. The van der Waals surface area contributed by atoms with Gasteiger partial charge in [0.25, 0.3) is 0 Å². The Balaban J connectivity index is 2.06. The number of ether oxygens (including phenoxy) is 1. The summed E-state index contributed by atoms with van der Waals surface area (Å²) in [4.78, 5) is 16.3. The molecule has 0 unspecified atom stereocenters. The van der Waals surface area contributed by atoms with E-state index in [1.54, 1.807) is 17.8 Å². The van der Waals surface area contributed by atoms with Gasteiger partial charge in [-0.1, -0.05) is 23.9 Å². The van der Waals surface area contributed by atoms with Crippen LogP contribution in [0.3, 0.4) is 0 Å². The molecule has 6 heteroatoms. The van der Waals surface area contributed by atoms with E-state index in [2.05, 4.69) is 10.1 Å². The topological polar surface area (TPSA) is 57.0 Å². The van der Waals surface area contributed by atoms with Gasteiger partial charge in [-0.25, -0.2) is 9.67 Å². The van der Waals surface area contributed by atoms with Crippen molar-refractivity contribution in [3.8, 4) is 5.75 Å². The molecule has 2 rings (SSSR count). The Morgan fingerprint density at radius 1 is 1.42 bits per heavy atom. The number of carbonyl (C=O) groups is 1. The first-order valence-corrected chi connectivity index (χ1v) is 6.92. The maximum absolute atomic E-state index is 12.2. The van der Waals surface area contributed by atoms with Crippen LogP contribution in [0.15, 0.2) is 35.7 Å². The fourth-order valence-electron chi connectivity index (χ4n) is 1.60. The van der Waals surface area contributed by atoms with Crippen molar-refractivity contribution in [1.82, 2.24) is 14.8 Å². The van der Waals surface area contributed by atoms with Crippen molar-refractivity contribution in [2.45, 2.75) is 12.1 Å². The molecule has 0 fully saturated rings. The summed E-state index contributed by atoms with van der Waals surface area (Å²) in [7, 11) is 1.80. The molecule has 5 nitrogen and oxygen atoms in total. The number of aryl methyl sites for hydroxylation is 1. The standard InChI is InChI=1S/C13H15N3O2S/c1-3-18-12-7-5-4-6-10(12)11(17)8-19-13-14-9-15-16(13)2/h4-7,9H,3,8H2,1-2H3. The maximum Gasteiger partial charge on any atom is 0.186 e. The quantitative estimate of drug-likeness (QED) is 0.598. The molecule has 0 bridgehead atoms. The number of carbonyl (C=O) groups excluding carboxylic acids is 1. The number of Topliss-reactive ketones (excluding diaryl/α,β-unsaturated/α-hetero) is 1. The van der Waals surface area contributed by atoms with Crippen LogP contribution in [0.4, 0.5) is 0 Å². The SMILES string of the molecule is CCOc1ccccc1C(=O)CSc1ncnn1C. The second-order valence-corrected chi connectivity index (χ2v) is 4.75. The van der Waals surface area contributed by atoms with Crippen LogP contribution in [-0.4, -0.2) is 32.9 Å². The van der Waals surface area contributed by atoms with Crippen molar-refractivity contribution in [3.05, 3.63) is 36.2 Å². The number of hydrogen-bond donors (Lipinski definition) is 0. The molecule has 100 valence electrons. The minimum Gasteiger partial charge on any atom is -0.493 e. The zero-order chi connectivity index (χ0) is 13.7. The third-order valence-corrected chi connectivity index (χ3v) is 3.52. The van der Waals surface area contributed by atoms with Crippen molar-refractivity contribution in [2.24, 2.45) is 7.05 Å². The van der Waals surface area contributed by atoms with Gasteiger partial charge in [-0.05, 0) is 19.1 Å². The summed E-state index contributed by atoms with van der Waals surface area (Å²) >= 11 is 1.37. The van der Waals surface area contributed by atoms with Crippen LogP contribution in [0.1, 0.15) is 17.3 Å². The lowest BCUT2D eigenvalue weighted by molar-refractivity contribution is 0.101. The molecular formula is C13H15N3O2S. The molecule has 1 heterocycles. The van der Waals surface area contributed by atoms with Gasteiger partial charge in [-0.15, -0.1) is 0 Å². The van der Waals surface area contributed by atoms with Gasteiger partial charge >= 0.3 is 0 Å². The van der Waals surface area contributed by atoms with Gasteiger partial charge in [0.05, 0.1) is 17.9 Å². The molecule has 0 radical (unpaired) electrons. The van der Waals surface area contributed by atoms with E-state index in [9.17, 15) is 4.79 Å². The third kappa shape index (κ3) is 3.35. The number of benzene rings is 1. The first-order chi connectivity index (χ1) is 9.22. The highest BCUT2D eigenvalue weighted by Crippen LogP contribution is 2.22. The Labute approximate surface area is 116 Å². The lowest BCUT2D eigenvalue weighted by Gasteiger charge is -2.08. The number of ketones is 1. The van der Waals surface area contributed by atoms with E-state index in [4.69, 9.17) is 4.74 Å². The monoisotopic (exact) mass is 277 g/mol. The Morgan fingerprint density at radius 2 is 2.21 bits per heavy atom. The lowest BCUT2D eigenvalue weighted by Crippen LogP contribution is -2.07. The molecule has 0 saturated heterocycles. The maximum atomic E-state index is 12.2. The van der Waals surface area contributed by atoms with E-state index in [0.717, 1.165) is 5.16 Å². The zero-order valence-corrected chi connectivity index (χ0v) is 11.7. The molecule has 19 heavy (non-hydrogen) atoms. The number of nitrogens with zero attached hydrogens (tertiary/aromatic N) is 3. The fourth-order valence-corrected chi connectivity index (χ4v) is 2.37. The van der Waals surface area contributed by atoms with E-state index < -0.39 is 0 Å². The molecule has 1 aromatic carbocycles. The minimum atomic E-state index is 0.0250. The van der Waals surface area contributed by atoms with Crippen LogP contribution < -0.4 is 4.74 Å². The molecule has 0 amide bonds. The number of thioether (sulfide) groups is 1. The summed E-state index contributed by atoms with van der Waals surface area (Å²) in [5, 5.41) is 4.69. The molecule has 0 spiro atoms. The van der Waals surface area contributed by atoms with E-state index in [-0.39, 0.29) is 5.78 Å². The predicted octanol–water partition coefficient (Wildman–Crippen LogP) is 2.19. The van der Waals surface area contributed by atoms with E-state index in [1.807, 2.05) is 25.1 Å². The van der Waals surface area contributed by atoms with Crippen LogP contribution in [-0.2, 0) is 7.05 Å². The molecule has 0 aliphatic rings. The minimum absolute atomic E-state index is 0.0250. The van der Waals surface area contributed by atoms with Gasteiger partial charge in [-0.3, -0.25) is 4.79 Å². The van der Waals surface area contributed by atoms with Crippen molar-refractivity contribution < 1.29 is 9.53 Å². The largest absolute Gasteiger partial charge is 0.493 e. The number of aromatic nitrogens is 3. The van der Waals surface area contributed by atoms with Gasteiger partial charge in [0.2, 0.25) is 0 Å². The van der Waals surface area contributed by atoms with Crippen LogP contribution in [0.25, 0.3) is 0 Å². The van der Waals surface area contributed by atoms with E-state index >= 15 is 0 Å². The molecule has 0 saturated carbocycles. The second-order valence-electron chi connectivity index (χ2n) is 3.81. The summed E-state index contributed by atoms with van der Waals surface area (Å²) in [6.45, 7) is 2.44. The van der Waals surface area contributed by atoms with Crippen molar-refractivity contribution >= 4 is 17.5 Å². The van der Waals surface area contributed by atoms with Gasteiger partial charge in [0.15, 0.2) is 10.9 Å². The highest BCUT2D eigenvalue weighted by molar-refractivity contribution is 7.99. The van der Waals surface area contributed by atoms with Gasteiger partial charge in [0, 0.05) is 7.05 Å². The molecule has 0 aliphatic carbocycles. The molecule has 0 N–H and O–H groups in total. The Morgan fingerprint density at radius 3 is 2.89 bits per heavy atom. The molecule has 2 aromatic rings. The van der Waals surface area contributed by atoms with Gasteiger partial charge in [0.1, 0.15) is 12.1 Å². The summed E-state index contributed by atoms with van der Waals surface area (Å²) in [5.74, 6) is 0.974. The van der Waals surface area contributed by atoms with Crippen molar-refractivity contribution in [2.75, 3.05) is 12.4 Å². The smallest absolute Gasteiger partial charge is 0.186 e. The van der Waals surface area contributed by atoms with Crippen LogP contribution in [0, 0.1) is 0 Å². The van der Waals surface area contributed by atoms with Crippen molar-refractivity contribution in [1.29, 1.82) is 0 Å². The number of hydrogen-bond acceptors (Lipinski definition) is 5. The second kappa shape index (κ2) is 6.38. The van der Waals surface area contributed by atoms with E-state index in [1.165, 1.54) is 18.1 Å². The average molecular weight is 277 g/mol. The van der Waals surface area contributed by atoms with Crippen LogP contribution in [0.2, 0.25) is 0 Å². The molecule has 0 atom stereocenters. The molecule has 0 aliphatic heterocycles. The first kappa shape index (κ1) is 13.6. The average Bonchev–Trinajstić information content (AvgIpc) is 2.82. The summed E-state index contributed by atoms with van der Waals surface area (Å²) in [6.07, 6.45) is 1.47. The Bertz CT molecular complexity index is 569. The van der Waals surface area contributed by atoms with Gasteiger partial charge in [-0.2, -0.15) is 5.10 Å². The highest BCUT2D eigenvalue weighted by Gasteiger charge is 2.13. The number of para-hydroxylation sites is 1. The summed E-state index contributed by atoms with van der Waals surface area (Å²) in [6, 6.07) is 7.29. The zero-order valence-electron chi connectivity index (χ0n) is 10.9. The Hall–Kier alpha value is -1.82. The van der Waals surface area contributed by atoms with Gasteiger partial charge < -0.3 is 4.74 Å². The summed E-state index contributed by atoms with van der Waals surface area (Å²) in [5.41, 5.74) is 0.610. The first-order valence-electron chi connectivity index (χ1n) is 5.94. The summed E-state index contributed by atoms with van der Waals surface area (Å²) < 4.78 is 7.10. The fraction of sp³-hybridized carbons (Fsp3) is 0.308. The van der Waals surface area contributed by atoms with E-state index in [0.29, 0.717) is 23.7 Å². The number of rotatable bonds is 6. The third-order valence-electron chi connectivity index (χ3n) is 2.49. The Kier molecular flexibility index (Phi) is 4.57. The highest BCUT2D eigenvalue weighted by atomic mass is 32.2. The van der Waals surface area contributed by atoms with Crippen LogP contribution in [0.5, 0.6) is 5.75 Å². The normalized spacial score (nSPS) is 10.4. The lowest BCUT2D eigenvalue weighted by atomic mass is 10.1. The van der Waals surface area contributed by atoms with Crippen LogP contribution >= 0.6 is 11.8 Å². The van der Waals surface area contributed by atoms with Crippen molar-refractivity contribution in [3.63, 3.8) is 0 Å². The molecular weight excluding hydrogens is 262 g/mol. The predicted molar refractivity (Wildman–Crippen MR) is 73.7 cm³/mol.